The maximum absolute atomic E-state index is 6.25. The minimum Gasteiger partial charge on any atom is -0.381 e. The number of rotatable bonds is 11. The van der Waals surface area contributed by atoms with Crippen molar-refractivity contribution < 1.29 is 4.74 Å². The van der Waals surface area contributed by atoms with Crippen LogP contribution in [0.15, 0.2) is 0 Å². The van der Waals surface area contributed by atoms with Gasteiger partial charge in [0.2, 0.25) is 0 Å². The van der Waals surface area contributed by atoms with Crippen molar-refractivity contribution >= 4 is 0 Å². The maximum atomic E-state index is 6.25. The van der Waals surface area contributed by atoms with Crippen LogP contribution in [0.1, 0.15) is 142 Å². The molecular formula is C43H79N9O. The quantitative estimate of drug-likeness (QED) is 0.137. The van der Waals surface area contributed by atoms with E-state index >= 15 is 0 Å². The van der Waals surface area contributed by atoms with E-state index in [0.717, 1.165) is 43.9 Å². The lowest BCUT2D eigenvalue weighted by Crippen LogP contribution is -2.62. The molecule has 0 aromatic carbocycles. The molecular weight excluding hydrogens is 659 g/mol. The molecule has 4 saturated carbocycles. The van der Waals surface area contributed by atoms with Crippen LogP contribution < -0.4 is 47.9 Å². The first-order valence-electron chi connectivity index (χ1n) is 23.6. The van der Waals surface area contributed by atoms with E-state index in [4.69, 9.17) is 4.74 Å². The van der Waals surface area contributed by atoms with Crippen LogP contribution in [-0.2, 0) is 4.74 Å². The average molecular weight is 738 g/mol. The normalized spacial score (nSPS) is 48.5. The van der Waals surface area contributed by atoms with Crippen LogP contribution in [0, 0.1) is 53.3 Å². The lowest BCUT2D eigenvalue weighted by molar-refractivity contribution is 0.0891. The van der Waals surface area contributed by atoms with Crippen LogP contribution in [0.25, 0.3) is 0 Å². The highest BCUT2D eigenvalue weighted by Crippen LogP contribution is 2.45. The van der Waals surface area contributed by atoms with Gasteiger partial charge in [-0.3, -0.25) is 42.5 Å². The SMILES string of the molecule is CCCCC(CC)COCCCNC1CCCC2C3NC4NC(NC5NC(NC6NC(NC(N3)C12)C1CCCCC61)C1CCCCC51)C1CCCCC41. The van der Waals surface area contributed by atoms with Gasteiger partial charge >= 0.3 is 0 Å². The molecule has 10 heteroatoms. The lowest BCUT2D eigenvalue weighted by Gasteiger charge is -2.40. The first kappa shape index (κ1) is 38.1. The van der Waals surface area contributed by atoms with Crippen molar-refractivity contribution in [3.8, 4) is 0 Å². The molecule has 0 aromatic rings. The van der Waals surface area contributed by atoms with Crippen LogP contribution in [-0.4, -0.2) is 75.1 Å². The summed E-state index contributed by atoms with van der Waals surface area (Å²) in [5, 5.41) is 38.5. The maximum Gasteiger partial charge on any atom is 0.0643 e. The zero-order valence-electron chi connectivity index (χ0n) is 33.6. The van der Waals surface area contributed by atoms with Gasteiger partial charge in [0.25, 0.3) is 0 Å². The molecule has 5 aliphatic heterocycles. The summed E-state index contributed by atoms with van der Waals surface area (Å²) >= 11 is 0. The van der Waals surface area contributed by atoms with Crippen molar-refractivity contribution in [2.45, 2.75) is 198 Å². The zero-order valence-corrected chi connectivity index (χ0v) is 33.6. The fourth-order valence-electron chi connectivity index (χ4n) is 13.9. The smallest absolute Gasteiger partial charge is 0.0643 e. The summed E-state index contributed by atoms with van der Waals surface area (Å²) in [7, 11) is 0. The second-order valence-corrected chi connectivity index (χ2v) is 19.6. The summed E-state index contributed by atoms with van der Waals surface area (Å²) in [5.41, 5.74) is 0. The van der Waals surface area contributed by atoms with Gasteiger partial charge in [-0.25, -0.2) is 0 Å². The molecule has 18 unspecified atom stereocenters. The molecule has 53 heavy (non-hydrogen) atoms. The van der Waals surface area contributed by atoms with Gasteiger partial charge in [-0.05, 0) is 118 Å². The van der Waals surface area contributed by atoms with Crippen molar-refractivity contribution in [2.24, 2.45) is 53.3 Å². The summed E-state index contributed by atoms with van der Waals surface area (Å²) < 4.78 is 6.25. The number of ether oxygens (including phenoxy) is 1. The topological polar surface area (TPSA) is 118 Å². The van der Waals surface area contributed by atoms with Crippen molar-refractivity contribution in [3.05, 3.63) is 0 Å². The van der Waals surface area contributed by atoms with Crippen LogP contribution in [0.2, 0.25) is 0 Å². The lowest BCUT2D eigenvalue weighted by atomic mass is 9.74. The highest BCUT2D eigenvalue weighted by molar-refractivity contribution is 5.09. The van der Waals surface area contributed by atoms with Gasteiger partial charge in [0, 0.05) is 25.2 Å². The third-order valence-corrected chi connectivity index (χ3v) is 16.7. The van der Waals surface area contributed by atoms with Crippen LogP contribution in [0.5, 0.6) is 0 Å². The van der Waals surface area contributed by atoms with E-state index in [-0.39, 0.29) is 0 Å². The molecule has 8 bridgehead atoms. The van der Waals surface area contributed by atoms with E-state index in [0.29, 0.717) is 90.9 Å². The molecule has 18 atom stereocenters. The van der Waals surface area contributed by atoms with Crippen molar-refractivity contribution in [1.82, 2.24) is 47.9 Å². The third kappa shape index (κ3) is 8.05. The molecule has 9 fully saturated rings. The van der Waals surface area contributed by atoms with Crippen molar-refractivity contribution in [3.63, 3.8) is 0 Å². The Labute approximate surface area is 322 Å². The summed E-state index contributed by atoms with van der Waals surface area (Å²) in [6.45, 7) is 7.50. The minimum atomic E-state index is 0.302. The molecule has 0 spiro atoms. The summed E-state index contributed by atoms with van der Waals surface area (Å²) in [6.07, 6.45) is 29.5. The molecule has 5 saturated heterocycles. The fraction of sp³-hybridized carbons (Fsp3) is 1.00. The molecule has 4 aliphatic carbocycles. The zero-order chi connectivity index (χ0) is 35.7. The van der Waals surface area contributed by atoms with Gasteiger partial charge in [-0.15, -0.1) is 0 Å². The predicted molar refractivity (Wildman–Crippen MR) is 213 cm³/mol. The highest BCUT2D eigenvalue weighted by atomic mass is 16.5. The van der Waals surface area contributed by atoms with Crippen LogP contribution >= 0.6 is 0 Å². The average Bonchev–Trinajstić information content (AvgIpc) is 3.93. The standard InChI is InChI=1S/C43H79N9O/c1-3-5-14-26(4-2)25-53-24-13-23-44-34-22-12-21-33-35(34)43-51-41-32-20-11-10-19-31(32)39(49-41)47-37-28-16-7-6-15-27(28)36(45-37)46-38-29-17-8-9-18-30(29)40(48-38)50-42(33)52-43/h26-52H,3-25H2,1-2H3. The second-order valence-electron chi connectivity index (χ2n) is 19.6. The van der Waals surface area contributed by atoms with E-state index in [9.17, 15) is 0 Å². The van der Waals surface area contributed by atoms with E-state index < -0.39 is 0 Å². The summed E-state index contributed by atoms with van der Waals surface area (Å²) in [5.74, 6) is 6.18. The Morgan fingerprint density at radius 1 is 0.491 bits per heavy atom. The number of nitrogens with one attached hydrogen (secondary N) is 9. The summed E-state index contributed by atoms with van der Waals surface area (Å²) in [6, 6.07) is 0.537. The van der Waals surface area contributed by atoms with Gasteiger partial charge in [0.1, 0.15) is 0 Å². The van der Waals surface area contributed by atoms with Crippen LogP contribution in [0.4, 0.5) is 0 Å². The van der Waals surface area contributed by atoms with E-state index in [1.165, 1.54) is 122 Å². The number of fused-ring (bicyclic) bond motifs is 20. The molecule has 5 heterocycles. The number of hydrogen-bond donors (Lipinski definition) is 9. The van der Waals surface area contributed by atoms with Gasteiger partial charge in [-0.1, -0.05) is 78.1 Å². The van der Waals surface area contributed by atoms with Crippen LogP contribution in [0.3, 0.4) is 0 Å². The molecule has 0 radical (unpaired) electrons. The molecule has 10 nitrogen and oxygen atoms in total. The Bertz CT molecular complexity index is 1160. The first-order valence-corrected chi connectivity index (χ1v) is 23.6. The van der Waals surface area contributed by atoms with Gasteiger partial charge in [-0.2, -0.15) is 0 Å². The van der Waals surface area contributed by atoms with E-state index in [1.54, 1.807) is 0 Å². The Hall–Kier alpha value is -0.400. The van der Waals surface area contributed by atoms with Crippen molar-refractivity contribution in [2.75, 3.05) is 19.8 Å². The van der Waals surface area contributed by atoms with Gasteiger partial charge < -0.3 is 10.1 Å². The predicted octanol–water partition coefficient (Wildman–Crippen LogP) is 4.80. The number of hydrogen-bond acceptors (Lipinski definition) is 10. The number of unbranched alkanes of at least 4 members (excludes halogenated alkanes) is 1. The monoisotopic (exact) mass is 738 g/mol. The summed E-state index contributed by atoms with van der Waals surface area (Å²) in [4.78, 5) is 0. The second kappa shape index (κ2) is 17.6. The molecule has 302 valence electrons. The fourth-order valence-corrected chi connectivity index (χ4v) is 13.9. The highest BCUT2D eigenvalue weighted by Gasteiger charge is 2.55. The minimum absolute atomic E-state index is 0.302. The van der Waals surface area contributed by atoms with Gasteiger partial charge in [0.15, 0.2) is 0 Å². The van der Waals surface area contributed by atoms with E-state index in [1.807, 2.05) is 0 Å². The third-order valence-electron chi connectivity index (χ3n) is 16.7. The Balaban J connectivity index is 0.935. The molecule has 9 N–H and O–H groups in total. The Morgan fingerprint density at radius 2 is 0.906 bits per heavy atom. The first-order chi connectivity index (χ1) is 26.2. The molecule has 9 rings (SSSR count). The molecule has 9 aliphatic rings. The van der Waals surface area contributed by atoms with Crippen molar-refractivity contribution in [1.29, 1.82) is 0 Å². The Morgan fingerprint density at radius 3 is 1.34 bits per heavy atom. The van der Waals surface area contributed by atoms with E-state index in [2.05, 4.69) is 61.7 Å². The molecule has 0 amide bonds. The molecule has 0 aromatic heterocycles. The largest absolute Gasteiger partial charge is 0.381 e. The van der Waals surface area contributed by atoms with Gasteiger partial charge in [0.05, 0.1) is 49.3 Å². The Kier molecular flexibility index (Phi) is 12.7.